The zero-order valence-corrected chi connectivity index (χ0v) is 9.24. The number of methoxy groups -OCH3 is 1. The van der Waals surface area contributed by atoms with Crippen molar-refractivity contribution in [3.63, 3.8) is 0 Å². The van der Waals surface area contributed by atoms with Crippen molar-refractivity contribution in [3.8, 4) is 9.89 Å². The van der Waals surface area contributed by atoms with Crippen molar-refractivity contribution in [3.05, 3.63) is 30.3 Å². The van der Waals surface area contributed by atoms with Gasteiger partial charge in [0.15, 0.2) is 0 Å². The molecule has 1 aromatic rings. The topological polar surface area (TPSA) is 9.23 Å². The molecule has 0 unspecified atom stereocenters. The summed E-state index contributed by atoms with van der Waals surface area (Å²) in [4.78, 5) is 0. The zero-order valence-electron chi connectivity index (χ0n) is 6.91. The van der Waals surface area contributed by atoms with E-state index in [9.17, 15) is 0 Å². The van der Waals surface area contributed by atoms with Gasteiger partial charge in [0.05, 0.1) is 0 Å². The number of benzene rings is 1. The van der Waals surface area contributed by atoms with Gasteiger partial charge >= 0.3 is 83.2 Å². The SMILES string of the molecule is COCC#C[Te]c1ccccc1. The Bertz CT molecular complexity index is 271. The van der Waals surface area contributed by atoms with E-state index in [1.165, 1.54) is 3.61 Å². The van der Waals surface area contributed by atoms with Gasteiger partial charge in [0.2, 0.25) is 0 Å². The third kappa shape index (κ3) is 3.79. The molecular weight excluding hydrogens is 264 g/mol. The van der Waals surface area contributed by atoms with Gasteiger partial charge in [-0.3, -0.25) is 0 Å². The summed E-state index contributed by atoms with van der Waals surface area (Å²) in [7, 11) is 1.66. The maximum absolute atomic E-state index is 4.83. The Labute approximate surface area is 83.2 Å². The molecule has 0 saturated carbocycles. The van der Waals surface area contributed by atoms with Gasteiger partial charge in [0, 0.05) is 0 Å². The molecule has 0 fully saturated rings. The molecule has 0 atom stereocenters. The minimum absolute atomic E-state index is 0.297. The molecule has 12 heavy (non-hydrogen) atoms. The van der Waals surface area contributed by atoms with Gasteiger partial charge in [-0.15, -0.1) is 0 Å². The van der Waals surface area contributed by atoms with Crippen LogP contribution in [0.25, 0.3) is 0 Å². The Kier molecular flexibility index (Phi) is 4.88. The minimum atomic E-state index is -0.297. The molecule has 0 heterocycles. The Hall–Kier alpha value is -0.470. The summed E-state index contributed by atoms with van der Waals surface area (Å²) in [5, 5.41) is 0. The average Bonchev–Trinajstić information content (AvgIpc) is 2.14. The van der Waals surface area contributed by atoms with Crippen LogP contribution in [-0.4, -0.2) is 34.6 Å². The Balaban J connectivity index is 2.40. The Morgan fingerprint density at radius 2 is 2.08 bits per heavy atom. The first-order chi connectivity index (χ1) is 5.93. The molecule has 0 aromatic heterocycles. The normalized spacial score (nSPS) is 8.75. The van der Waals surface area contributed by atoms with E-state index in [4.69, 9.17) is 4.74 Å². The van der Waals surface area contributed by atoms with Crippen LogP contribution in [0.5, 0.6) is 0 Å². The van der Waals surface area contributed by atoms with E-state index in [1.807, 2.05) is 6.07 Å². The summed E-state index contributed by atoms with van der Waals surface area (Å²) in [5.41, 5.74) is 0. The third-order valence-electron chi connectivity index (χ3n) is 1.20. The van der Waals surface area contributed by atoms with E-state index in [2.05, 4.69) is 34.2 Å². The van der Waals surface area contributed by atoms with Crippen LogP contribution < -0.4 is 3.61 Å². The first-order valence-corrected chi connectivity index (χ1v) is 5.95. The molecule has 0 bridgehead atoms. The summed E-state index contributed by atoms with van der Waals surface area (Å²) in [5.74, 6) is 2.97. The molecule has 62 valence electrons. The van der Waals surface area contributed by atoms with E-state index in [-0.39, 0.29) is 20.9 Å². The van der Waals surface area contributed by atoms with Gasteiger partial charge in [-0.05, 0) is 0 Å². The molecule has 0 aliphatic rings. The van der Waals surface area contributed by atoms with E-state index in [0.717, 1.165) is 0 Å². The predicted molar refractivity (Wildman–Crippen MR) is 51.5 cm³/mol. The van der Waals surface area contributed by atoms with Gasteiger partial charge in [-0.2, -0.15) is 0 Å². The fourth-order valence-electron chi connectivity index (χ4n) is 0.685. The van der Waals surface area contributed by atoms with Crippen molar-refractivity contribution in [2.75, 3.05) is 13.7 Å². The predicted octanol–water partition coefficient (Wildman–Crippen LogP) is 0.623. The summed E-state index contributed by atoms with van der Waals surface area (Å²) in [6, 6.07) is 10.4. The van der Waals surface area contributed by atoms with Crippen LogP contribution >= 0.6 is 0 Å². The summed E-state index contributed by atoms with van der Waals surface area (Å²) >= 11 is -0.297. The molecule has 0 saturated heterocycles. The van der Waals surface area contributed by atoms with Crippen LogP contribution in [0.3, 0.4) is 0 Å². The van der Waals surface area contributed by atoms with Gasteiger partial charge < -0.3 is 0 Å². The number of hydrogen-bond donors (Lipinski definition) is 0. The standard InChI is InChI=1S/C10H10OTe/c1-11-8-5-9-12-10-6-3-2-4-7-10/h2-4,6-7H,8H2,1H3. The molecule has 2 heteroatoms. The second kappa shape index (κ2) is 6.09. The summed E-state index contributed by atoms with van der Waals surface area (Å²) in [6.45, 7) is 0.553. The van der Waals surface area contributed by atoms with Gasteiger partial charge in [-0.1, -0.05) is 0 Å². The van der Waals surface area contributed by atoms with Crippen molar-refractivity contribution in [2.24, 2.45) is 0 Å². The zero-order chi connectivity index (χ0) is 8.65. The van der Waals surface area contributed by atoms with Crippen LogP contribution in [0.2, 0.25) is 0 Å². The van der Waals surface area contributed by atoms with Crippen LogP contribution in [0.1, 0.15) is 0 Å². The van der Waals surface area contributed by atoms with Crippen molar-refractivity contribution < 1.29 is 4.74 Å². The summed E-state index contributed by atoms with van der Waals surface area (Å²) < 4.78 is 9.37. The molecule has 0 N–H and O–H groups in total. The first kappa shape index (κ1) is 9.62. The number of hydrogen-bond acceptors (Lipinski definition) is 1. The van der Waals surface area contributed by atoms with Crippen molar-refractivity contribution in [1.82, 2.24) is 0 Å². The molecular formula is C10H10OTe. The summed E-state index contributed by atoms with van der Waals surface area (Å²) in [6.07, 6.45) is 0. The first-order valence-electron chi connectivity index (χ1n) is 3.62. The maximum atomic E-state index is 4.83. The van der Waals surface area contributed by atoms with Gasteiger partial charge in [0.1, 0.15) is 0 Å². The monoisotopic (exact) mass is 276 g/mol. The van der Waals surface area contributed by atoms with Crippen LogP contribution in [0.15, 0.2) is 30.3 Å². The molecule has 0 aliphatic carbocycles. The van der Waals surface area contributed by atoms with E-state index in [1.54, 1.807) is 7.11 Å². The third-order valence-corrected chi connectivity index (χ3v) is 3.35. The van der Waals surface area contributed by atoms with Crippen molar-refractivity contribution >= 4 is 24.5 Å². The van der Waals surface area contributed by atoms with E-state index < -0.39 is 0 Å². The Morgan fingerprint density at radius 3 is 2.75 bits per heavy atom. The molecule has 1 nitrogen and oxygen atoms in total. The fraction of sp³-hybridized carbons (Fsp3) is 0.200. The second-order valence-corrected chi connectivity index (χ2v) is 4.64. The molecule has 0 spiro atoms. The number of ether oxygens (including phenoxy) is 1. The Morgan fingerprint density at radius 1 is 1.33 bits per heavy atom. The van der Waals surface area contributed by atoms with Crippen LogP contribution in [0.4, 0.5) is 0 Å². The van der Waals surface area contributed by atoms with Crippen molar-refractivity contribution in [1.29, 1.82) is 0 Å². The number of rotatable bonds is 2. The van der Waals surface area contributed by atoms with Gasteiger partial charge in [-0.25, -0.2) is 0 Å². The van der Waals surface area contributed by atoms with Gasteiger partial charge in [0.25, 0.3) is 0 Å². The van der Waals surface area contributed by atoms with E-state index in [0.29, 0.717) is 6.61 Å². The molecule has 0 radical (unpaired) electrons. The van der Waals surface area contributed by atoms with Crippen molar-refractivity contribution in [2.45, 2.75) is 0 Å². The van der Waals surface area contributed by atoms with E-state index >= 15 is 0 Å². The molecule has 1 rings (SSSR count). The second-order valence-electron chi connectivity index (χ2n) is 2.13. The molecule has 0 aliphatic heterocycles. The molecule has 0 amide bonds. The average molecular weight is 274 g/mol. The van der Waals surface area contributed by atoms with Crippen LogP contribution in [-0.2, 0) is 4.74 Å². The van der Waals surface area contributed by atoms with Crippen LogP contribution in [0, 0.1) is 9.89 Å². The molecule has 1 aromatic carbocycles. The quantitative estimate of drug-likeness (QED) is 0.567. The fourth-order valence-corrected chi connectivity index (χ4v) is 2.23.